The molecule has 29 heavy (non-hydrogen) atoms. The maximum absolute atomic E-state index is 13.4. The van der Waals surface area contributed by atoms with Gasteiger partial charge in [-0.15, -0.1) is 0 Å². The van der Waals surface area contributed by atoms with E-state index in [1.54, 1.807) is 13.0 Å². The van der Waals surface area contributed by atoms with Crippen molar-refractivity contribution >= 4 is 23.2 Å². The molecule has 0 unspecified atom stereocenters. The predicted molar refractivity (Wildman–Crippen MR) is 110 cm³/mol. The van der Waals surface area contributed by atoms with E-state index in [2.05, 4.69) is 41.4 Å². The molecule has 0 aliphatic carbocycles. The first-order valence-corrected chi connectivity index (χ1v) is 9.11. The lowest BCUT2D eigenvalue weighted by molar-refractivity contribution is 0.102. The zero-order valence-electron chi connectivity index (χ0n) is 16.7. The maximum Gasteiger partial charge on any atom is 0.274 e. The fourth-order valence-electron chi connectivity index (χ4n) is 2.69. The lowest BCUT2D eigenvalue weighted by Gasteiger charge is -2.19. The van der Waals surface area contributed by atoms with Gasteiger partial charge in [0.25, 0.3) is 5.91 Å². The van der Waals surface area contributed by atoms with E-state index in [4.69, 9.17) is 0 Å². The van der Waals surface area contributed by atoms with Crippen LogP contribution in [0.4, 0.5) is 26.1 Å². The molecule has 0 aliphatic heterocycles. The van der Waals surface area contributed by atoms with Gasteiger partial charge in [-0.25, -0.2) is 18.7 Å². The van der Waals surface area contributed by atoms with Gasteiger partial charge in [-0.2, -0.15) is 0 Å². The summed E-state index contributed by atoms with van der Waals surface area (Å²) in [5, 5.41) is 5.59. The van der Waals surface area contributed by atoms with Gasteiger partial charge < -0.3 is 10.6 Å². The number of benzene rings is 2. The highest BCUT2D eigenvalue weighted by molar-refractivity contribution is 6.03. The number of halogens is 2. The van der Waals surface area contributed by atoms with Crippen LogP contribution in [-0.2, 0) is 5.41 Å². The molecule has 1 amide bonds. The molecular weight excluding hydrogens is 374 g/mol. The molecule has 0 bridgehead atoms. The van der Waals surface area contributed by atoms with E-state index in [1.165, 1.54) is 6.07 Å². The number of rotatable bonds is 4. The summed E-state index contributed by atoms with van der Waals surface area (Å²) in [6, 6.07) is 12.5. The molecule has 1 heterocycles. The van der Waals surface area contributed by atoms with Crippen LogP contribution in [0.15, 0.2) is 48.5 Å². The van der Waals surface area contributed by atoms with Crippen molar-refractivity contribution < 1.29 is 13.6 Å². The summed E-state index contributed by atoms with van der Waals surface area (Å²) in [6.07, 6.45) is 0. The number of hydrogen-bond acceptors (Lipinski definition) is 4. The Morgan fingerprint density at radius 2 is 1.55 bits per heavy atom. The molecule has 3 rings (SSSR count). The SMILES string of the molecule is Cc1cc(C(=O)Nc2ccc(C(C)(C)C)cc2)nc(Nc2ccc(F)c(F)c2)n1. The van der Waals surface area contributed by atoms with E-state index < -0.39 is 17.5 Å². The van der Waals surface area contributed by atoms with E-state index in [0.717, 1.165) is 17.7 Å². The van der Waals surface area contributed by atoms with Gasteiger partial charge in [0.15, 0.2) is 11.6 Å². The molecule has 150 valence electrons. The van der Waals surface area contributed by atoms with Crippen LogP contribution in [0, 0.1) is 18.6 Å². The van der Waals surface area contributed by atoms with E-state index in [1.807, 2.05) is 24.3 Å². The molecule has 0 aliphatic rings. The molecule has 1 aromatic heterocycles. The second kappa shape index (κ2) is 7.95. The lowest BCUT2D eigenvalue weighted by atomic mass is 9.87. The van der Waals surface area contributed by atoms with Gasteiger partial charge in [0.1, 0.15) is 5.69 Å². The van der Waals surface area contributed by atoms with Crippen molar-refractivity contribution in [2.75, 3.05) is 10.6 Å². The monoisotopic (exact) mass is 396 g/mol. The second-order valence-electron chi connectivity index (χ2n) is 7.75. The quantitative estimate of drug-likeness (QED) is 0.623. The van der Waals surface area contributed by atoms with Gasteiger partial charge in [0.2, 0.25) is 5.95 Å². The van der Waals surface area contributed by atoms with Crippen LogP contribution in [0.25, 0.3) is 0 Å². The van der Waals surface area contributed by atoms with Crippen molar-refractivity contribution in [2.45, 2.75) is 33.1 Å². The molecule has 5 nitrogen and oxygen atoms in total. The van der Waals surface area contributed by atoms with Crippen molar-refractivity contribution in [3.8, 4) is 0 Å². The number of amides is 1. The summed E-state index contributed by atoms with van der Waals surface area (Å²) in [6.45, 7) is 8.07. The highest BCUT2D eigenvalue weighted by Crippen LogP contribution is 2.24. The molecule has 0 atom stereocenters. The van der Waals surface area contributed by atoms with Gasteiger partial charge in [-0.05, 0) is 48.2 Å². The van der Waals surface area contributed by atoms with Crippen LogP contribution in [0.3, 0.4) is 0 Å². The molecule has 0 saturated heterocycles. The van der Waals surface area contributed by atoms with Crippen LogP contribution in [0.1, 0.15) is 42.5 Å². The average Bonchev–Trinajstić information content (AvgIpc) is 2.64. The number of anilines is 3. The van der Waals surface area contributed by atoms with Crippen LogP contribution in [0.2, 0.25) is 0 Å². The fourth-order valence-corrected chi connectivity index (χ4v) is 2.69. The number of hydrogen-bond donors (Lipinski definition) is 2. The van der Waals surface area contributed by atoms with Gasteiger partial charge in [0.05, 0.1) is 0 Å². The smallest absolute Gasteiger partial charge is 0.274 e. The minimum absolute atomic E-state index is 0.0205. The zero-order chi connectivity index (χ0) is 21.2. The van der Waals surface area contributed by atoms with Crippen LogP contribution in [-0.4, -0.2) is 15.9 Å². The van der Waals surface area contributed by atoms with Crippen LogP contribution >= 0.6 is 0 Å². The molecule has 3 aromatic rings. The highest BCUT2D eigenvalue weighted by atomic mass is 19.2. The van der Waals surface area contributed by atoms with E-state index in [0.29, 0.717) is 11.4 Å². The number of carbonyl (C=O) groups is 1. The number of nitrogens with zero attached hydrogens (tertiary/aromatic N) is 2. The molecule has 7 heteroatoms. The molecule has 2 aromatic carbocycles. The van der Waals surface area contributed by atoms with Crippen molar-refractivity contribution in [3.63, 3.8) is 0 Å². The molecule has 0 fully saturated rings. The molecule has 0 saturated carbocycles. The highest BCUT2D eigenvalue weighted by Gasteiger charge is 2.15. The van der Waals surface area contributed by atoms with Crippen molar-refractivity contribution in [1.82, 2.24) is 9.97 Å². The summed E-state index contributed by atoms with van der Waals surface area (Å²) in [7, 11) is 0. The van der Waals surface area contributed by atoms with Gasteiger partial charge >= 0.3 is 0 Å². The number of aryl methyl sites for hydroxylation is 1. The van der Waals surface area contributed by atoms with Crippen molar-refractivity contribution in [3.05, 3.63) is 77.1 Å². The Labute approximate surface area is 168 Å². The third-order valence-electron chi connectivity index (χ3n) is 4.27. The van der Waals surface area contributed by atoms with Crippen LogP contribution < -0.4 is 10.6 Å². The minimum Gasteiger partial charge on any atom is -0.324 e. The predicted octanol–water partition coefficient (Wildman–Crippen LogP) is 5.36. The molecule has 0 radical (unpaired) electrons. The molecule has 2 N–H and O–H groups in total. The van der Waals surface area contributed by atoms with Gasteiger partial charge in [-0.1, -0.05) is 32.9 Å². The number of aromatic nitrogens is 2. The summed E-state index contributed by atoms with van der Waals surface area (Å²) in [5.41, 5.74) is 2.81. The maximum atomic E-state index is 13.4. The average molecular weight is 396 g/mol. The summed E-state index contributed by atoms with van der Waals surface area (Å²) < 4.78 is 26.5. The van der Waals surface area contributed by atoms with Crippen LogP contribution in [0.5, 0.6) is 0 Å². The van der Waals surface area contributed by atoms with Crippen molar-refractivity contribution in [1.29, 1.82) is 0 Å². The first kappa shape index (κ1) is 20.4. The Morgan fingerprint density at radius 3 is 2.17 bits per heavy atom. The summed E-state index contributed by atoms with van der Waals surface area (Å²) in [5.74, 6) is -2.21. The molecule has 0 spiro atoms. The standard InChI is InChI=1S/C22H22F2N4O/c1-13-11-19(20(29)26-15-7-5-14(6-8-15)22(2,3)4)28-21(25-13)27-16-9-10-17(23)18(24)12-16/h5-12H,1-4H3,(H,26,29)(H,25,27,28). The molecular formula is C22H22F2N4O. The number of nitrogens with one attached hydrogen (secondary N) is 2. The van der Waals surface area contributed by atoms with E-state index in [-0.39, 0.29) is 22.7 Å². The Kier molecular flexibility index (Phi) is 5.59. The topological polar surface area (TPSA) is 66.9 Å². The summed E-state index contributed by atoms with van der Waals surface area (Å²) >= 11 is 0. The summed E-state index contributed by atoms with van der Waals surface area (Å²) in [4.78, 5) is 21.0. The zero-order valence-corrected chi connectivity index (χ0v) is 16.7. The first-order chi connectivity index (χ1) is 13.6. The first-order valence-electron chi connectivity index (χ1n) is 9.11. The van der Waals surface area contributed by atoms with E-state index in [9.17, 15) is 13.6 Å². The Bertz CT molecular complexity index is 1040. The van der Waals surface area contributed by atoms with Gasteiger partial charge in [-0.3, -0.25) is 4.79 Å². The Morgan fingerprint density at radius 1 is 0.897 bits per heavy atom. The minimum atomic E-state index is -0.987. The second-order valence-corrected chi connectivity index (χ2v) is 7.75. The fraction of sp³-hybridized carbons (Fsp3) is 0.227. The third-order valence-corrected chi connectivity index (χ3v) is 4.27. The lowest BCUT2D eigenvalue weighted by Crippen LogP contribution is -2.16. The number of carbonyl (C=O) groups excluding carboxylic acids is 1. The normalized spacial score (nSPS) is 11.2. The van der Waals surface area contributed by atoms with Gasteiger partial charge in [0, 0.05) is 23.1 Å². The van der Waals surface area contributed by atoms with E-state index >= 15 is 0 Å². The largest absolute Gasteiger partial charge is 0.324 e. The van der Waals surface area contributed by atoms with Crippen molar-refractivity contribution in [2.24, 2.45) is 0 Å². The Balaban J connectivity index is 1.78. The third kappa shape index (κ3) is 5.13. The Hall–Kier alpha value is -3.35.